The fourth-order valence-electron chi connectivity index (χ4n) is 2.02. The SMILES string of the molecule is CC(C)(Sc1nc(N)nc2nc[nH]c12)C(=O)Nc1ncc(C(=O)O)c(O)n1. The number of carboxylic acids is 1. The van der Waals surface area contributed by atoms with E-state index in [1.165, 1.54) is 6.33 Å². The molecule has 0 aromatic carbocycles. The Bertz CT molecular complexity index is 1050. The first kappa shape index (κ1) is 18.3. The molecule has 0 fully saturated rings. The highest BCUT2D eigenvalue weighted by Crippen LogP contribution is 2.35. The molecule has 0 radical (unpaired) electrons. The molecule has 0 unspecified atom stereocenters. The van der Waals surface area contributed by atoms with E-state index in [4.69, 9.17) is 10.8 Å². The number of aromatic nitrogens is 6. The van der Waals surface area contributed by atoms with Crippen LogP contribution in [0.3, 0.4) is 0 Å². The first-order valence-corrected chi connectivity index (χ1v) is 8.25. The second-order valence-electron chi connectivity index (χ2n) is 5.79. The van der Waals surface area contributed by atoms with Crippen molar-refractivity contribution in [1.82, 2.24) is 29.9 Å². The molecule has 0 spiro atoms. The van der Waals surface area contributed by atoms with Crippen LogP contribution >= 0.6 is 11.8 Å². The lowest BCUT2D eigenvalue weighted by Gasteiger charge is -2.22. The van der Waals surface area contributed by atoms with E-state index in [0.717, 1.165) is 18.0 Å². The number of anilines is 2. The molecule has 140 valence electrons. The van der Waals surface area contributed by atoms with E-state index in [-0.39, 0.29) is 11.9 Å². The predicted molar refractivity (Wildman–Crippen MR) is 95.3 cm³/mol. The summed E-state index contributed by atoms with van der Waals surface area (Å²) in [6, 6.07) is 0. The lowest BCUT2D eigenvalue weighted by atomic mass is 10.2. The summed E-state index contributed by atoms with van der Waals surface area (Å²) in [5, 5.41) is 21.3. The zero-order valence-electron chi connectivity index (χ0n) is 14.1. The van der Waals surface area contributed by atoms with Gasteiger partial charge in [0.05, 0.1) is 17.3 Å². The standard InChI is InChI=1S/C14H14N8O4S/c1-14(2,27-9-6-7(18-4-17-6)19-12(15)21-9)11(26)22-13-16-3-5(10(24)25)8(23)20-13/h3-4H,1-2H3,(H,24,25)(H3,15,17,18,19,21)(H2,16,20,22,23,26). The van der Waals surface area contributed by atoms with Crippen LogP contribution in [0.4, 0.5) is 11.9 Å². The Hall–Kier alpha value is -3.48. The first-order chi connectivity index (χ1) is 12.7. The molecule has 0 bridgehead atoms. The molecular weight excluding hydrogens is 376 g/mol. The summed E-state index contributed by atoms with van der Waals surface area (Å²) in [6.07, 6.45) is 2.34. The molecule has 27 heavy (non-hydrogen) atoms. The number of fused-ring (bicyclic) bond motifs is 1. The zero-order chi connectivity index (χ0) is 19.8. The Morgan fingerprint density at radius 1 is 1.26 bits per heavy atom. The first-order valence-electron chi connectivity index (χ1n) is 7.43. The van der Waals surface area contributed by atoms with Gasteiger partial charge in [-0.05, 0) is 13.8 Å². The predicted octanol–water partition coefficient (Wildman–Crippen LogP) is 0.638. The number of nitrogen functional groups attached to an aromatic ring is 1. The molecule has 0 aliphatic heterocycles. The van der Waals surface area contributed by atoms with Gasteiger partial charge in [-0.2, -0.15) is 9.97 Å². The number of H-pyrrole nitrogens is 1. The highest BCUT2D eigenvalue weighted by Gasteiger charge is 2.32. The van der Waals surface area contributed by atoms with Crippen LogP contribution in [0.1, 0.15) is 24.2 Å². The number of aromatic amines is 1. The maximum atomic E-state index is 12.6. The number of aromatic hydroxyl groups is 1. The normalized spacial score (nSPS) is 11.5. The molecule has 3 aromatic heterocycles. The lowest BCUT2D eigenvalue weighted by molar-refractivity contribution is -0.117. The van der Waals surface area contributed by atoms with Gasteiger partial charge >= 0.3 is 5.97 Å². The van der Waals surface area contributed by atoms with Gasteiger partial charge in [-0.25, -0.2) is 19.7 Å². The van der Waals surface area contributed by atoms with Crippen molar-refractivity contribution in [2.75, 3.05) is 11.1 Å². The monoisotopic (exact) mass is 390 g/mol. The minimum Gasteiger partial charge on any atom is -0.493 e. The summed E-state index contributed by atoms with van der Waals surface area (Å²) >= 11 is 1.11. The van der Waals surface area contributed by atoms with Crippen molar-refractivity contribution in [1.29, 1.82) is 0 Å². The minimum atomic E-state index is -1.38. The number of nitrogens with two attached hydrogens (primary N) is 1. The van der Waals surface area contributed by atoms with Gasteiger partial charge in [-0.15, -0.1) is 0 Å². The second-order valence-corrected chi connectivity index (χ2v) is 7.40. The molecule has 6 N–H and O–H groups in total. The van der Waals surface area contributed by atoms with Crippen molar-refractivity contribution in [3.05, 3.63) is 18.1 Å². The zero-order valence-corrected chi connectivity index (χ0v) is 14.9. The molecule has 1 amide bonds. The van der Waals surface area contributed by atoms with Crippen LogP contribution in [0, 0.1) is 0 Å². The van der Waals surface area contributed by atoms with E-state index in [2.05, 4.69) is 35.2 Å². The molecule has 0 saturated carbocycles. The molecule has 0 atom stereocenters. The summed E-state index contributed by atoms with van der Waals surface area (Å²) in [6.45, 7) is 3.28. The average molecular weight is 390 g/mol. The van der Waals surface area contributed by atoms with Crippen LogP contribution < -0.4 is 11.1 Å². The van der Waals surface area contributed by atoms with E-state index < -0.39 is 28.1 Å². The Morgan fingerprint density at radius 2 is 2.00 bits per heavy atom. The van der Waals surface area contributed by atoms with E-state index >= 15 is 0 Å². The summed E-state index contributed by atoms with van der Waals surface area (Å²) in [5.74, 6) is -2.84. The number of nitrogens with zero attached hydrogens (tertiary/aromatic N) is 5. The Kier molecular flexibility index (Phi) is 4.53. The van der Waals surface area contributed by atoms with Gasteiger partial charge in [-0.3, -0.25) is 10.1 Å². The van der Waals surface area contributed by atoms with Crippen LogP contribution in [0.15, 0.2) is 17.6 Å². The van der Waals surface area contributed by atoms with E-state index in [1.54, 1.807) is 13.8 Å². The molecular formula is C14H14N8O4S. The third-order valence-electron chi connectivity index (χ3n) is 3.39. The highest BCUT2D eigenvalue weighted by atomic mass is 32.2. The number of hydrogen-bond donors (Lipinski definition) is 5. The second kappa shape index (κ2) is 6.68. The molecule has 0 saturated heterocycles. The molecule has 3 aromatic rings. The number of rotatable bonds is 5. The molecule has 3 rings (SSSR count). The van der Waals surface area contributed by atoms with Crippen molar-refractivity contribution >= 4 is 46.7 Å². The number of thioether (sulfide) groups is 1. The van der Waals surface area contributed by atoms with Crippen molar-refractivity contribution in [2.24, 2.45) is 0 Å². The number of aromatic carboxylic acids is 1. The number of carboxylic acid groups (broad SMARTS) is 1. The third-order valence-corrected chi connectivity index (χ3v) is 4.58. The van der Waals surface area contributed by atoms with Crippen molar-refractivity contribution in [3.63, 3.8) is 0 Å². The lowest BCUT2D eigenvalue weighted by Crippen LogP contribution is -2.34. The van der Waals surface area contributed by atoms with Gasteiger partial charge in [0.1, 0.15) is 16.1 Å². The van der Waals surface area contributed by atoms with Gasteiger partial charge in [-0.1, -0.05) is 11.8 Å². The highest BCUT2D eigenvalue weighted by molar-refractivity contribution is 8.01. The molecule has 12 nitrogen and oxygen atoms in total. The smallest absolute Gasteiger partial charge is 0.342 e. The largest absolute Gasteiger partial charge is 0.493 e. The van der Waals surface area contributed by atoms with Gasteiger partial charge in [0.2, 0.25) is 23.7 Å². The number of hydrogen-bond acceptors (Lipinski definition) is 10. The van der Waals surface area contributed by atoms with Crippen LogP contribution in [-0.4, -0.2) is 56.7 Å². The third kappa shape index (κ3) is 3.72. The minimum absolute atomic E-state index is 0.0193. The molecule has 0 aliphatic rings. The Balaban J connectivity index is 1.82. The van der Waals surface area contributed by atoms with E-state index in [1.807, 2.05) is 0 Å². The fourth-order valence-corrected chi connectivity index (χ4v) is 3.04. The summed E-state index contributed by atoms with van der Waals surface area (Å²) in [5.41, 5.74) is 6.11. The molecule has 3 heterocycles. The van der Waals surface area contributed by atoms with E-state index in [0.29, 0.717) is 16.2 Å². The van der Waals surface area contributed by atoms with Gasteiger partial charge in [0, 0.05) is 0 Å². The molecule has 13 heteroatoms. The van der Waals surface area contributed by atoms with Crippen molar-refractivity contribution < 1.29 is 19.8 Å². The number of carbonyl (C=O) groups excluding carboxylic acids is 1. The topological polar surface area (TPSA) is 193 Å². The molecule has 0 aliphatic carbocycles. The van der Waals surface area contributed by atoms with Crippen molar-refractivity contribution in [2.45, 2.75) is 23.6 Å². The summed E-state index contributed by atoms with van der Waals surface area (Å²) in [4.78, 5) is 45.8. The van der Waals surface area contributed by atoms with E-state index in [9.17, 15) is 14.7 Å². The number of amides is 1. The fraction of sp³-hybridized carbons (Fsp3) is 0.214. The maximum absolute atomic E-state index is 12.6. The van der Waals surface area contributed by atoms with Crippen LogP contribution in [-0.2, 0) is 4.79 Å². The van der Waals surface area contributed by atoms with Crippen LogP contribution in [0.25, 0.3) is 11.2 Å². The van der Waals surface area contributed by atoms with Crippen LogP contribution in [0.2, 0.25) is 0 Å². The number of imidazole rings is 1. The Labute approximate surface area is 155 Å². The average Bonchev–Trinajstić information content (AvgIpc) is 3.02. The maximum Gasteiger partial charge on any atom is 0.342 e. The quantitative estimate of drug-likeness (QED) is 0.303. The van der Waals surface area contributed by atoms with Gasteiger partial charge in [0.15, 0.2) is 5.65 Å². The summed E-state index contributed by atoms with van der Waals surface area (Å²) < 4.78 is -1.05. The summed E-state index contributed by atoms with van der Waals surface area (Å²) in [7, 11) is 0. The van der Waals surface area contributed by atoms with Crippen LogP contribution in [0.5, 0.6) is 5.88 Å². The number of nitrogens with one attached hydrogen (secondary N) is 2. The Morgan fingerprint density at radius 3 is 2.67 bits per heavy atom. The number of carbonyl (C=O) groups is 2. The van der Waals surface area contributed by atoms with Crippen molar-refractivity contribution in [3.8, 4) is 5.88 Å². The van der Waals surface area contributed by atoms with Gasteiger partial charge in [0.25, 0.3) is 0 Å². The van der Waals surface area contributed by atoms with Gasteiger partial charge < -0.3 is 20.9 Å².